The molecule has 2 aromatic heterocycles. The van der Waals surface area contributed by atoms with E-state index < -0.39 is 24.4 Å². The fraction of sp³-hybridized carbons (Fsp3) is 0.0625. The van der Waals surface area contributed by atoms with Crippen LogP contribution in [-0.4, -0.2) is 29.4 Å². The van der Waals surface area contributed by atoms with Crippen molar-refractivity contribution >= 4 is 56.0 Å². The van der Waals surface area contributed by atoms with Crippen LogP contribution >= 0.6 is 27.3 Å². The zero-order valence-electron chi connectivity index (χ0n) is 12.2. The minimum Gasteiger partial charge on any atom is -0.451 e. The molecular weight excluding hydrogens is 396 g/mol. The molecule has 2 amide bonds. The molecule has 0 spiro atoms. The maximum absolute atomic E-state index is 12.1. The van der Waals surface area contributed by atoms with Crippen LogP contribution < -0.4 is 5.32 Å². The third kappa shape index (κ3) is 3.39. The first kappa shape index (κ1) is 16.4. The van der Waals surface area contributed by atoms with Crippen molar-refractivity contribution < 1.29 is 19.1 Å². The number of aromatic amines is 1. The summed E-state index contributed by atoms with van der Waals surface area (Å²) in [5.41, 5.74) is 0.988. The number of para-hydroxylation sites is 1. The number of esters is 1. The van der Waals surface area contributed by atoms with Crippen LogP contribution in [0, 0.1) is 0 Å². The maximum atomic E-state index is 12.1. The highest BCUT2D eigenvalue weighted by molar-refractivity contribution is 9.10. The minimum atomic E-state index is -0.686. The van der Waals surface area contributed by atoms with Gasteiger partial charge in [-0.15, -0.1) is 11.3 Å². The number of hydrogen-bond acceptors (Lipinski definition) is 5. The number of ether oxygens (including phenoxy) is 1. The Bertz CT molecular complexity index is 917. The molecule has 2 heterocycles. The first-order chi connectivity index (χ1) is 11.6. The Morgan fingerprint density at radius 3 is 2.67 bits per heavy atom. The van der Waals surface area contributed by atoms with Gasteiger partial charge in [-0.2, -0.15) is 0 Å². The fourth-order valence-electron chi connectivity index (χ4n) is 2.08. The van der Waals surface area contributed by atoms with E-state index in [-0.39, 0.29) is 5.69 Å². The van der Waals surface area contributed by atoms with Gasteiger partial charge in [-0.1, -0.05) is 24.3 Å². The van der Waals surface area contributed by atoms with Gasteiger partial charge in [-0.05, 0) is 33.4 Å². The van der Waals surface area contributed by atoms with Gasteiger partial charge in [-0.3, -0.25) is 14.9 Å². The molecule has 2 N–H and O–H groups in total. The Labute approximate surface area is 148 Å². The molecule has 0 radical (unpaired) electrons. The predicted octanol–water partition coefficient (Wildman–Crippen LogP) is 3.11. The Balaban J connectivity index is 1.61. The quantitative estimate of drug-likeness (QED) is 0.651. The highest BCUT2D eigenvalue weighted by atomic mass is 79.9. The van der Waals surface area contributed by atoms with Crippen LogP contribution in [0.5, 0.6) is 0 Å². The van der Waals surface area contributed by atoms with Crippen LogP contribution in [-0.2, 0) is 9.53 Å². The molecule has 3 aromatic rings. The van der Waals surface area contributed by atoms with Crippen molar-refractivity contribution in [3.63, 3.8) is 0 Å². The molecule has 0 fully saturated rings. The van der Waals surface area contributed by atoms with Crippen LogP contribution in [0.1, 0.15) is 20.2 Å². The lowest BCUT2D eigenvalue weighted by molar-refractivity contribution is -0.123. The van der Waals surface area contributed by atoms with E-state index >= 15 is 0 Å². The second-order valence-electron chi connectivity index (χ2n) is 4.79. The number of benzene rings is 1. The number of fused-ring (bicyclic) bond motifs is 1. The zero-order chi connectivity index (χ0) is 17.1. The molecule has 24 heavy (non-hydrogen) atoms. The Kier molecular flexibility index (Phi) is 4.77. The van der Waals surface area contributed by atoms with Crippen molar-refractivity contribution in [3.05, 3.63) is 56.8 Å². The molecule has 8 heteroatoms. The summed E-state index contributed by atoms with van der Waals surface area (Å²) in [5.74, 6) is -1.89. The van der Waals surface area contributed by atoms with Crippen LogP contribution in [0.2, 0.25) is 0 Å². The lowest BCUT2D eigenvalue weighted by atomic mass is 10.2. The first-order valence-corrected chi connectivity index (χ1v) is 8.54. The van der Waals surface area contributed by atoms with Crippen LogP contribution in [0.15, 0.2) is 46.3 Å². The van der Waals surface area contributed by atoms with Crippen molar-refractivity contribution in [1.82, 2.24) is 10.3 Å². The molecule has 0 aliphatic heterocycles. The summed E-state index contributed by atoms with van der Waals surface area (Å²) in [6, 6.07) is 10.7. The average Bonchev–Trinajstić information content (AvgIpc) is 3.21. The van der Waals surface area contributed by atoms with E-state index in [1.54, 1.807) is 17.5 Å². The molecule has 0 saturated heterocycles. The number of halogens is 1. The molecule has 0 saturated carbocycles. The number of imide groups is 1. The Hall–Kier alpha value is -2.45. The predicted molar refractivity (Wildman–Crippen MR) is 93.1 cm³/mol. The Morgan fingerprint density at radius 2 is 1.96 bits per heavy atom. The number of thiophene rings is 1. The van der Waals surface area contributed by atoms with Crippen molar-refractivity contribution in [2.75, 3.05) is 6.61 Å². The lowest BCUT2D eigenvalue weighted by Crippen LogP contribution is -2.33. The number of nitrogens with one attached hydrogen (secondary N) is 2. The van der Waals surface area contributed by atoms with E-state index in [9.17, 15) is 14.4 Å². The van der Waals surface area contributed by atoms with Gasteiger partial charge in [0.25, 0.3) is 11.8 Å². The van der Waals surface area contributed by atoms with E-state index in [2.05, 4.69) is 26.2 Å². The fourth-order valence-corrected chi connectivity index (χ4v) is 3.31. The van der Waals surface area contributed by atoms with Gasteiger partial charge in [0.05, 0.1) is 9.35 Å². The number of H-pyrrole nitrogens is 1. The van der Waals surface area contributed by atoms with Gasteiger partial charge in [0.1, 0.15) is 5.69 Å². The summed E-state index contributed by atoms with van der Waals surface area (Å²) >= 11 is 4.56. The minimum absolute atomic E-state index is 0.216. The van der Waals surface area contributed by atoms with Gasteiger partial charge >= 0.3 is 5.97 Å². The van der Waals surface area contributed by atoms with Crippen molar-refractivity contribution in [3.8, 4) is 0 Å². The smallest absolute Gasteiger partial charge is 0.356 e. The molecule has 122 valence electrons. The molecule has 1 aromatic carbocycles. The SMILES string of the molecule is O=C(COC(=O)c1[nH]c2ccccc2c1Br)NC(=O)c1cccs1. The third-order valence-electron chi connectivity index (χ3n) is 3.18. The zero-order valence-corrected chi connectivity index (χ0v) is 14.6. The lowest BCUT2D eigenvalue weighted by Gasteiger charge is -2.04. The molecule has 0 aliphatic rings. The van der Waals surface area contributed by atoms with Gasteiger partial charge in [-0.25, -0.2) is 4.79 Å². The molecule has 0 unspecified atom stereocenters. The highest BCUT2D eigenvalue weighted by Crippen LogP contribution is 2.28. The van der Waals surface area contributed by atoms with E-state index in [1.807, 2.05) is 24.3 Å². The second-order valence-corrected chi connectivity index (χ2v) is 6.53. The Morgan fingerprint density at radius 1 is 1.17 bits per heavy atom. The number of hydrogen-bond donors (Lipinski definition) is 2. The van der Waals surface area contributed by atoms with E-state index in [0.29, 0.717) is 9.35 Å². The molecular formula is C16H11BrN2O4S. The third-order valence-corrected chi connectivity index (χ3v) is 4.87. The maximum Gasteiger partial charge on any atom is 0.356 e. The number of amides is 2. The monoisotopic (exact) mass is 406 g/mol. The number of carbonyl (C=O) groups excluding carboxylic acids is 3. The number of rotatable bonds is 4. The summed E-state index contributed by atoms with van der Waals surface area (Å²) in [4.78, 5) is 38.9. The van der Waals surface area contributed by atoms with Crippen LogP contribution in [0.3, 0.4) is 0 Å². The van der Waals surface area contributed by atoms with Crippen molar-refractivity contribution in [2.24, 2.45) is 0 Å². The summed E-state index contributed by atoms with van der Waals surface area (Å²) in [7, 11) is 0. The molecule has 0 bridgehead atoms. The van der Waals surface area contributed by atoms with Crippen LogP contribution in [0.25, 0.3) is 10.9 Å². The van der Waals surface area contributed by atoms with Crippen molar-refractivity contribution in [2.45, 2.75) is 0 Å². The first-order valence-electron chi connectivity index (χ1n) is 6.87. The standard InChI is InChI=1S/C16H11BrN2O4S/c17-13-9-4-1-2-5-10(9)18-14(13)16(22)23-8-12(20)19-15(21)11-6-3-7-24-11/h1-7,18H,8H2,(H,19,20,21). The van der Waals surface area contributed by atoms with Gasteiger partial charge in [0.2, 0.25) is 0 Å². The summed E-state index contributed by atoms with van der Waals surface area (Å²) < 4.78 is 5.53. The largest absolute Gasteiger partial charge is 0.451 e. The number of carbonyl (C=O) groups is 3. The molecule has 0 atom stereocenters. The van der Waals surface area contributed by atoms with Crippen molar-refractivity contribution in [1.29, 1.82) is 0 Å². The van der Waals surface area contributed by atoms with E-state index in [1.165, 1.54) is 11.3 Å². The van der Waals surface area contributed by atoms with Gasteiger partial charge in [0.15, 0.2) is 6.61 Å². The molecule has 3 rings (SSSR count). The van der Waals surface area contributed by atoms with Crippen LogP contribution in [0.4, 0.5) is 0 Å². The second kappa shape index (κ2) is 6.98. The summed E-state index contributed by atoms with van der Waals surface area (Å²) in [6.07, 6.45) is 0. The van der Waals surface area contributed by atoms with Gasteiger partial charge < -0.3 is 9.72 Å². The van der Waals surface area contributed by atoms with E-state index in [0.717, 1.165) is 10.9 Å². The topological polar surface area (TPSA) is 88.3 Å². The summed E-state index contributed by atoms with van der Waals surface area (Å²) in [6.45, 7) is -0.544. The normalized spacial score (nSPS) is 10.5. The molecule has 6 nitrogen and oxygen atoms in total. The summed E-state index contributed by atoms with van der Waals surface area (Å²) in [5, 5.41) is 4.73. The molecule has 0 aliphatic carbocycles. The number of aromatic nitrogens is 1. The van der Waals surface area contributed by atoms with Gasteiger partial charge in [0, 0.05) is 10.9 Å². The highest BCUT2D eigenvalue weighted by Gasteiger charge is 2.19. The van der Waals surface area contributed by atoms with E-state index in [4.69, 9.17) is 4.74 Å². The average molecular weight is 407 g/mol.